The Hall–Kier alpha value is -3.92. The van der Waals surface area contributed by atoms with E-state index in [4.69, 9.17) is 5.26 Å². The van der Waals surface area contributed by atoms with Crippen molar-refractivity contribution in [1.82, 2.24) is 9.97 Å². The maximum Gasteiger partial charge on any atom is 0.275 e. The van der Waals surface area contributed by atoms with Crippen molar-refractivity contribution in [2.24, 2.45) is 0 Å². The van der Waals surface area contributed by atoms with Crippen LogP contribution in [0, 0.1) is 11.3 Å². The lowest BCUT2D eigenvalue weighted by atomic mass is 10.2. The molecule has 1 amide bonds. The first-order chi connectivity index (χ1) is 13.1. The topological polar surface area (TPSA) is 93.9 Å². The van der Waals surface area contributed by atoms with Gasteiger partial charge in [-0.2, -0.15) is 5.26 Å². The van der Waals surface area contributed by atoms with E-state index in [2.05, 4.69) is 26.7 Å². The van der Waals surface area contributed by atoms with Gasteiger partial charge in [-0.25, -0.2) is 9.97 Å². The molecular weight excluding hydrogens is 340 g/mol. The van der Waals surface area contributed by atoms with Gasteiger partial charge in [0.2, 0.25) is 0 Å². The number of benzene rings is 2. The van der Waals surface area contributed by atoms with Crippen LogP contribution in [0.1, 0.15) is 16.1 Å². The van der Waals surface area contributed by atoms with Gasteiger partial charge in [0, 0.05) is 25.5 Å². The number of hydrogen-bond acceptors (Lipinski definition) is 6. The summed E-state index contributed by atoms with van der Waals surface area (Å²) in [7, 11) is 3.90. The van der Waals surface area contributed by atoms with Gasteiger partial charge in [-0.05, 0) is 36.4 Å². The van der Waals surface area contributed by atoms with Crippen LogP contribution in [0.25, 0.3) is 0 Å². The number of hydrogen-bond donors (Lipinski definition) is 2. The van der Waals surface area contributed by atoms with Gasteiger partial charge < -0.3 is 15.5 Å². The maximum atomic E-state index is 12.3. The monoisotopic (exact) mass is 358 g/mol. The number of aromatic nitrogens is 2. The largest absolute Gasteiger partial charge is 0.378 e. The van der Waals surface area contributed by atoms with Crippen LogP contribution < -0.4 is 15.5 Å². The van der Waals surface area contributed by atoms with Crippen molar-refractivity contribution in [1.29, 1.82) is 5.26 Å². The van der Waals surface area contributed by atoms with E-state index in [0.29, 0.717) is 22.8 Å². The summed E-state index contributed by atoms with van der Waals surface area (Å²) >= 11 is 0. The number of anilines is 4. The van der Waals surface area contributed by atoms with Gasteiger partial charge >= 0.3 is 0 Å². The van der Waals surface area contributed by atoms with Crippen molar-refractivity contribution in [3.63, 3.8) is 0 Å². The summed E-state index contributed by atoms with van der Waals surface area (Å²) in [6.07, 6.45) is 2.85. The third-order valence-electron chi connectivity index (χ3n) is 3.84. The minimum atomic E-state index is -0.343. The second-order valence-corrected chi connectivity index (χ2v) is 5.96. The highest BCUT2D eigenvalue weighted by atomic mass is 16.1. The summed E-state index contributed by atoms with van der Waals surface area (Å²) in [5, 5.41) is 14.9. The van der Waals surface area contributed by atoms with Crippen molar-refractivity contribution in [2.45, 2.75) is 0 Å². The quantitative estimate of drug-likeness (QED) is 0.726. The van der Waals surface area contributed by atoms with Crippen molar-refractivity contribution < 1.29 is 4.79 Å². The van der Waals surface area contributed by atoms with E-state index in [1.807, 2.05) is 49.3 Å². The van der Waals surface area contributed by atoms with Crippen LogP contribution >= 0.6 is 0 Å². The van der Waals surface area contributed by atoms with Crippen LogP contribution in [0.3, 0.4) is 0 Å². The van der Waals surface area contributed by atoms with Crippen LogP contribution in [0.5, 0.6) is 0 Å². The maximum absolute atomic E-state index is 12.3. The van der Waals surface area contributed by atoms with Gasteiger partial charge in [-0.1, -0.05) is 12.1 Å². The predicted molar refractivity (Wildman–Crippen MR) is 105 cm³/mol. The Morgan fingerprint density at radius 2 is 1.78 bits per heavy atom. The second-order valence-electron chi connectivity index (χ2n) is 5.96. The first-order valence-electron chi connectivity index (χ1n) is 8.24. The zero-order valence-electron chi connectivity index (χ0n) is 15.0. The lowest BCUT2D eigenvalue weighted by molar-refractivity contribution is 0.102. The Morgan fingerprint density at radius 3 is 2.41 bits per heavy atom. The molecule has 0 spiro atoms. The molecule has 2 N–H and O–H groups in total. The van der Waals surface area contributed by atoms with Gasteiger partial charge in [-0.3, -0.25) is 4.79 Å². The average Bonchev–Trinajstić information content (AvgIpc) is 2.69. The molecule has 0 saturated carbocycles. The number of carbonyl (C=O) groups is 1. The van der Waals surface area contributed by atoms with Crippen LogP contribution in [-0.4, -0.2) is 30.0 Å². The van der Waals surface area contributed by atoms with Crippen molar-refractivity contribution in [3.8, 4) is 6.07 Å². The fourth-order valence-electron chi connectivity index (χ4n) is 2.38. The Kier molecular flexibility index (Phi) is 5.28. The van der Waals surface area contributed by atoms with Crippen LogP contribution in [-0.2, 0) is 0 Å². The molecule has 0 atom stereocenters. The Labute approximate surface area is 157 Å². The fourth-order valence-corrected chi connectivity index (χ4v) is 2.38. The molecule has 7 heteroatoms. The molecule has 0 bridgehead atoms. The highest BCUT2D eigenvalue weighted by molar-refractivity contribution is 6.02. The summed E-state index contributed by atoms with van der Waals surface area (Å²) < 4.78 is 0. The summed E-state index contributed by atoms with van der Waals surface area (Å²) in [5.74, 6) is 0.105. The minimum Gasteiger partial charge on any atom is -0.378 e. The number of nitriles is 1. The lowest BCUT2D eigenvalue weighted by Gasteiger charge is -2.13. The summed E-state index contributed by atoms with van der Waals surface area (Å²) in [6, 6.07) is 16.7. The molecule has 0 unspecified atom stereocenters. The highest BCUT2D eigenvalue weighted by Crippen LogP contribution is 2.19. The molecule has 27 heavy (non-hydrogen) atoms. The van der Waals surface area contributed by atoms with E-state index in [9.17, 15) is 4.79 Å². The number of nitrogens with one attached hydrogen (secondary N) is 2. The summed E-state index contributed by atoms with van der Waals surface area (Å²) in [4.78, 5) is 22.6. The Balaban J connectivity index is 1.67. The van der Waals surface area contributed by atoms with Crippen molar-refractivity contribution in [2.75, 3.05) is 29.6 Å². The molecule has 7 nitrogen and oxygen atoms in total. The van der Waals surface area contributed by atoms with E-state index in [0.717, 1.165) is 5.69 Å². The number of carbonyl (C=O) groups excluding carboxylic acids is 1. The van der Waals surface area contributed by atoms with E-state index in [1.165, 1.54) is 12.4 Å². The number of nitrogens with zero attached hydrogens (tertiary/aromatic N) is 4. The first kappa shape index (κ1) is 17.9. The molecule has 3 aromatic rings. The molecule has 3 rings (SSSR count). The number of amides is 1. The van der Waals surface area contributed by atoms with Gasteiger partial charge in [0.1, 0.15) is 17.6 Å². The molecule has 0 fully saturated rings. The molecular formula is C20H18N6O. The molecule has 0 aliphatic carbocycles. The van der Waals surface area contributed by atoms with Crippen LogP contribution in [0.2, 0.25) is 0 Å². The first-order valence-corrected chi connectivity index (χ1v) is 8.24. The van der Waals surface area contributed by atoms with Gasteiger partial charge in [0.25, 0.3) is 5.91 Å². The van der Waals surface area contributed by atoms with E-state index in [1.54, 1.807) is 18.2 Å². The summed E-state index contributed by atoms with van der Waals surface area (Å²) in [6.45, 7) is 0. The standard InChI is InChI=1S/C20H18N6O/c1-26(2)16-9-7-15(8-10-16)24-20(27)18-12-23-19(13-22-18)25-17-6-4-3-5-14(17)11-21/h3-10,12-13H,1-2H3,(H,23,25)(H,24,27). The van der Waals surface area contributed by atoms with Crippen LogP contribution in [0.15, 0.2) is 60.9 Å². The number of para-hydroxylation sites is 1. The van der Waals surface area contributed by atoms with E-state index >= 15 is 0 Å². The number of rotatable bonds is 5. The lowest BCUT2D eigenvalue weighted by Crippen LogP contribution is -2.14. The molecule has 1 aromatic heterocycles. The molecule has 0 radical (unpaired) electrons. The molecule has 2 aromatic carbocycles. The SMILES string of the molecule is CN(C)c1ccc(NC(=O)c2cnc(Nc3ccccc3C#N)cn2)cc1. The van der Waals surface area contributed by atoms with Gasteiger partial charge in [0.15, 0.2) is 0 Å². The molecule has 134 valence electrons. The Bertz CT molecular complexity index is 975. The zero-order valence-corrected chi connectivity index (χ0v) is 15.0. The van der Waals surface area contributed by atoms with E-state index < -0.39 is 0 Å². The molecule has 0 saturated heterocycles. The molecule has 1 heterocycles. The van der Waals surface area contributed by atoms with Crippen LogP contribution in [0.4, 0.5) is 22.9 Å². The fraction of sp³-hybridized carbons (Fsp3) is 0.100. The van der Waals surface area contributed by atoms with Gasteiger partial charge in [0.05, 0.1) is 23.6 Å². The Morgan fingerprint density at radius 1 is 1.04 bits per heavy atom. The minimum absolute atomic E-state index is 0.200. The van der Waals surface area contributed by atoms with Crippen molar-refractivity contribution >= 4 is 28.8 Å². The summed E-state index contributed by atoms with van der Waals surface area (Å²) in [5.41, 5.74) is 3.05. The second kappa shape index (κ2) is 7.97. The average molecular weight is 358 g/mol. The predicted octanol–water partition coefficient (Wildman–Crippen LogP) is 3.41. The molecule has 0 aliphatic rings. The van der Waals surface area contributed by atoms with Gasteiger partial charge in [-0.15, -0.1) is 0 Å². The third kappa shape index (κ3) is 4.38. The smallest absolute Gasteiger partial charge is 0.275 e. The highest BCUT2D eigenvalue weighted by Gasteiger charge is 2.09. The third-order valence-corrected chi connectivity index (χ3v) is 3.84. The normalized spacial score (nSPS) is 9.96. The zero-order chi connectivity index (χ0) is 19.2. The van der Waals surface area contributed by atoms with Crippen molar-refractivity contribution in [3.05, 3.63) is 72.2 Å². The molecule has 0 aliphatic heterocycles. The van der Waals surface area contributed by atoms with E-state index in [-0.39, 0.29) is 11.6 Å².